The number of carbonyl (C=O) groups excluding carboxylic acids is 1. The van der Waals surface area contributed by atoms with Crippen LogP contribution >= 0.6 is 11.3 Å². The number of morpholine rings is 1. The highest BCUT2D eigenvalue weighted by molar-refractivity contribution is 7.18. The Kier molecular flexibility index (Phi) is 6.27. The molecule has 176 valence electrons. The predicted molar refractivity (Wildman–Crippen MR) is 128 cm³/mol. The molecule has 1 atom stereocenters. The van der Waals surface area contributed by atoms with Gasteiger partial charge in [0.1, 0.15) is 28.5 Å². The molecule has 34 heavy (non-hydrogen) atoms. The monoisotopic (exact) mass is 499 g/mol. The first-order valence-electron chi connectivity index (χ1n) is 10.6. The molecule has 1 fully saturated rings. The Balaban J connectivity index is 1.25. The molecule has 3 N–H and O–H groups in total. The van der Waals surface area contributed by atoms with Gasteiger partial charge >= 0.3 is 0 Å². The predicted octanol–water partition coefficient (Wildman–Crippen LogP) is 0.0252. The lowest BCUT2D eigenvalue weighted by Gasteiger charge is -2.33. The minimum Gasteiger partial charge on any atom is -0.378 e. The van der Waals surface area contributed by atoms with Gasteiger partial charge in [-0.15, -0.1) is 0 Å². The van der Waals surface area contributed by atoms with Gasteiger partial charge in [0.25, 0.3) is 0 Å². The highest BCUT2D eigenvalue weighted by atomic mass is 32.1. The number of nitrogens with zero attached hydrogens (tertiary/aromatic N) is 6. The van der Waals surface area contributed by atoms with Crippen molar-refractivity contribution in [3.05, 3.63) is 43.1 Å². The highest BCUT2D eigenvalue weighted by Crippen LogP contribution is 2.30. The first-order chi connectivity index (χ1) is 16.5. The molecule has 1 amide bonds. The lowest BCUT2D eigenvalue weighted by Crippen LogP contribution is -2.63. The maximum absolute atomic E-state index is 14.0. The Labute approximate surface area is 200 Å². The lowest BCUT2D eigenvalue weighted by molar-refractivity contribution is -0.128. The number of imidazole rings is 1. The summed E-state index contributed by atoms with van der Waals surface area (Å²) in [7, 11) is 0.656. The molecule has 1 aliphatic rings. The van der Waals surface area contributed by atoms with Gasteiger partial charge in [0.05, 0.1) is 42.3 Å². The van der Waals surface area contributed by atoms with Gasteiger partial charge in [-0.25, -0.2) is 29.3 Å². The Morgan fingerprint density at radius 2 is 2.21 bits per heavy atom. The van der Waals surface area contributed by atoms with Crippen LogP contribution in [-0.2, 0) is 16.1 Å². The first-order valence-corrected chi connectivity index (χ1v) is 12.4. The van der Waals surface area contributed by atoms with E-state index in [0.29, 0.717) is 58.9 Å². The second-order valence-corrected chi connectivity index (χ2v) is 10.7. The second kappa shape index (κ2) is 9.50. The molecular weight excluding hydrogens is 477 g/mol. The summed E-state index contributed by atoms with van der Waals surface area (Å²) in [6.45, 7) is 2.73. The number of aromatic nitrogens is 6. The number of fused-ring (bicyclic) bond motifs is 1. The zero-order chi connectivity index (χ0) is 23.5. The van der Waals surface area contributed by atoms with Crippen molar-refractivity contribution in [2.24, 2.45) is 0 Å². The molecule has 11 nitrogen and oxygen atoms in total. The van der Waals surface area contributed by atoms with Crippen molar-refractivity contribution in [3.63, 3.8) is 0 Å². The van der Waals surface area contributed by atoms with Crippen molar-refractivity contribution in [3.8, 4) is 10.6 Å². The van der Waals surface area contributed by atoms with Crippen LogP contribution in [0.1, 0.15) is 0 Å². The number of anilines is 2. The van der Waals surface area contributed by atoms with Crippen LogP contribution in [0.25, 0.3) is 21.6 Å². The average Bonchev–Trinajstić information content (AvgIpc) is 3.47. The summed E-state index contributed by atoms with van der Waals surface area (Å²) in [6.07, 6.45) is 7.36. The molecular formula is C20H22FN9O2SSi. The van der Waals surface area contributed by atoms with Crippen molar-refractivity contribution >= 4 is 49.5 Å². The topological polar surface area (TPSA) is 132 Å². The SMILES string of the molecule is O=C(NCCn1cnc2cnc(Nc3ncc(-c4ncncc4F)s3)cc21)[C@@]1([SiH3])COCCN1. The summed E-state index contributed by atoms with van der Waals surface area (Å²) in [5, 5.41) is 9.38. The molecule has 0 unspecified atom stereocenters. The summed E-state index contributed by atoms with van der Waals surface area (Å²) < 4.78 is 21.4. The number of nitrogens with one attached hydrogen (secondary N) is 3. The minimum atomic E-state index is -0.586. The lowest BCUT2D eigenvalue weighted by atomic mass is 10.2. The third-order valence-corrected chi connectivity index (χ3v) is 7.46. The third-order valence-electron chi connectivity index (χ3n) is 5.44. The van der Waals surface area contributed by atoms with Gasteiger partial charge in [-0.3, -0.25) is 4.79 Å². The number of thiazole rings is 1. The highest BCUT2D eigenvalue weighted by Gasteiger charge is 2.34. The molecule has 0 saturated carbocycles. The molecule has 4 aromatic rings. The first kappa shape index (κ1) is 22.5. The third kappa shape index (κ3) is 4.65. The second-order valence-electron chi connectivity index (χ2n) is 7.94. The molecule has 0 aromatic carbocycles. The number of halogens is 1. The Hall–Kier alpha value is -3.33. The van der Waals surface area contributed by atoms with E-state index in [1.807, 2.05) is 10.6 Å². The van der Waals surface area contributed by atoms with Crippen molar-refractivity contribution in [2.45, 2.75) is 11.7 Å². The molecule has 1 saturated heterocycles. The number of hydrogen-bond donors (Lipinski definition) is 3. The van der Waals surface area contributed by atoms with E-state index in [0.717, 1.165) is 17.2 Å². The van der Waals surface area contributed by atoms with E-state index in [9.17, 15) is 9.18 Å². The van der Waals surface area contributed by atoms with Gasteiger partial charge in [0.2, 0.25) is 5.91 Å². The molecule has 14 heteroatoms. The molecule has 5 rings (SSSR count). The Morgan fingerprint density at radius 3 is 3.03 bits per heavy atom. The number of hydrogen-bond acceptors (Lipinski definition) is 10. The molecule has 5 heterocycles. The Morgan fingerprint density at radius 1 is 1.29 bits per heavy atom. The fraction of sp³-hybridized carbons (Fsp3) is 0.300. The molecule has 0 aliphatic carbocycles. The summed E-state index contributed by atoms with van der Waals surface area (Å²) in [5.74, 6) is 0.0350. The van der Waals surface area contributed by atoms with Crippen LogP contribution in [0.5, 0.6) is 0 Å². The molecule has 4 aromatic heterocycles. The normalized spacial score (nSPS) is 18.3. The zero-order valence-corrected chi connectivity index (χ0v) is 21.1. The quantitative estimate of drug-likeness (QED) is 0.301. The number of carbonyl (C=O) groups is 1. The van der Waals surface area contributed by atoms with Gasteiger partial charge in [-0.2, -0.15) is 0 Å². The molecule has 0 spiro atoms. The van der Waals surface area contributed by atoms with E-state index < -0.39 is 11.0 Å². The van der Waals surface area contributed by atoms with Crippen LogP contribution in [0.4, 0.5) is 15.3 Å². The molecule has 1 aliphatic heterocycles. The largest absolute Gasteiger partial charge is 0.378 e. The maximum Gasteiger partial charge on any atom is 0.238 e. The fourth-order valence-electron chi connectivity index (χ4n) is 3.61. The van der Waals surface area contributed by atoms with Crippen LogP contribution < -0.4 is 16.0 Å². The van der Waals surface area contributed by atoms with Crippen molar-refractivity contribution < 1.29 is 13.9 Å². The number of pyridine rings is 1. The van der Waals surface area contributed by atoms with Gasteiger partial charge in [-0.05, 0) is 0 Å². The number of ether oxygens (including phenoxy) is 1. The van der Waals surface area contributed by atoms with Gasteiger partial charge in [0.15, 0.2) is 10.9 Å². The van der Waals surface area contributed by atoms with E-state index in [4.69, 9.17) is 4.74 Å². The van der Waals surface area contributed by atoms with Crippen LogP contribution in [-0.4, -0.2) is 77.1 Å². The molecule has 0 radical (unpaired) electrons. The maximum atomic E-state index is 14.0. The summed E-state index contributed by atoms with van der Waals surface area (Å²) in [6, 6.07) is 1.86. The zero-order valence-electron chi connectivity index (χ0n) is 18.3. The van der Waals surface area contributed by atoms with Crippen LogP contribution in [0, 0.1) is 5.82 Å². The van der Waals surface area contributed by atoms with Crippen LogP contribution in [0.15, 0.2) is 37.3 Å². The van der Waals surface area contributed by atoms with Crippen LogP contribution in [0.3, 0.4) is 0 Å². The smallest absolute Gasteiger partial charge is 0.238 e. The van der Waals surface area contributed by atoms with Gasteiger partial charge < -0.3 is 25.3 Å². The number of rotatable bonds is 7. The standard InChI is InChI=1S/C20H22FN9O2SSi/c21-12-6-22-10-26-17(12)15-8-25-19(33-15)29-16-5-14-13(7-24-16)27-11-30(14)3-1-23-18(31)20(34)9-32-4-2-28-20/h5-8,10-11,28H,1-4,9H2,34H3,(H,23,31)(H,24,25,29)/t20-/m0/s1. The van der Waals surface area contributed by atoms with Crippen molar-refractivity contribution in [2.75, 3.05) is 31.6 Å². The van der Waals surface area contributed by atoms with E-state index in [-0.39, 0.29) is 11.6 Å². The van der Waals surface area contributed by atoms with E-state index >= 15 is 0 Å². The van der Waals surface area contributed by atoms with E-state index in [2.05, 4.69) is 40.9 Å². The van der Waals surface area contributed by atoms with Gasteiger partial charge in [-0.1, -0.05) is 11.3 Å². The Bertz CT molecular complexity index is 1320. The van der Waals surface area contributed by atoms with E-state index in [1.54, 1.807) is 18.7 Å². The van der Waals surface area contributed by atoms with E-state index in [1.165, 1.54) is 17.7 Å². The summed E-state index contributed by atoms with van der Waals surface area (Å²) in [4.78, 5) is 33.9. The average molecular weight is 500 g/mol. The number of amides is 1. The van der Waals surface area contributed by atoms with Crippen LogP contribution in [0.2, 0.25) is 0 Å². The minimum absolute atomic E-state index is 0.0352. The van der Waals surface area contributed by atoms with Gasteiger partial charge in [0, 0.05) is 42.1 Å². The molecule has 0 bridgehead atoms. The summed E-state index contributed by atoms with van der Waals surface area (Å²) in [5.41, 5.74) is 1.81. The summed E-state index contributed by atoms with van der Waals surface area (Å²) >= 11 is 1.26. The van der Waals surface area contributed by atoms with Crippen molar-refractivity contribution in [1.29, 1.82) is 0 Å². The van der Waals surface area contributed by atoms with Crippen molar-refractivity contribution in [1.82, 2.24) is 40.1 Å². The fourth-order valence-corrected chi connectivity index (χ4v) is 5.06.